The maximum absolute atomic E-state index is 13.9. The maximum atomic E-state index is 13.9. The van der Waals surface area contributed by atoms with E-state index >= 15 is 0 Å². The predicted molar refractivity (Wildman–Crippen MR) is 244 cm³/mol. The van der Waals surface area contributed by atoms with Crippen LogP contribution in [0.2, 0.25) is 0 Å². The molecule has 1 amide bonds. The van der Waals surface area contributed by atoms with Crippen LogP contribution in [0.5, 0.6) is 11.5 Å². The highest BCUT2D eigenvalue weighted by atomic mass is 32.2. The Labute approximate surface area is 355 Å². The van der Waals surface area contributed by atoms with Crippen LogP contribution in [-0.2, 0) is 10.0 Å². The second-order valence-electron chi connectivity index (χ2n) is 17.4. The van der Waals surface area contributed by atoms with Crippen LogP contribution in [0.3, 0.4) is 0 Å². The largest absolute Gasteiger partial charge is 0.455 e. The zero-order chi connectivity index (χ0) is 42.4. The fraction of sp³-hybridized carbons (Fsp3) is 0.417. The number of hydrogen-bond acceptors (Lipinski definition) is 9. The van der Waals surface area contributed by atoms with Crippen molar-refractivity contribution in [3.63, 3.8) is 0 Å². The van der Waals surface area contributed by atoms with Crippen molar-refractivity contribution in [3.05, 3.63) is 107 Å². The van der Waals surface area contributed by atoms with Gasteiger partial charge in [0, 0.05) is 62.6 Å². The zero-order valence-electron chi connectivity index (χ0n) is 35.8. The van der Waals surface area contributed by atoms with Gasteiger partial charge in [-0.05, 0) is 104 Å². The van der Waals surface area contributed by atoms with Crippen LogP contribution in [0, 0.1) is 18.3 Å². The van der Waals surface area contributed by atoms with Crippen LogP contribution < -0.4 is 25.4 Å². The summed E-state index contributed by atoms with van der Waals surface area (Å²) < 4.78 is 36.0. The van der Waals surface area contributed by atoms with Gasteiger partial charge >= 0.3 is 0 Å². The third-order valence-electron chi connectivity index (χ3n) is 12.1. The van der Waals surface area contributed by atoms with Gasteiger partial charge in [-0.25, -0.2) is 18.1 Å². The Morgan fingerprint density at radius 3 is 2.43 bits per heavy atom. The summed E-state index contributed by atoms with van der Waals surface area (Å²) >= 11 is 0. The number of pyridine rings is 1. The lowest BCUT2D eigenvalue weighted by atomic mass is 9.72. The maximum Gasteiger partial charge on any atom is 0.268 e. The number of anilines is 3. The van der Waals surface area contributed by atoms with Gasteiger partial charge in [-0.3, -0.25) is 9.69 Å². The first kappa shape index (κ1) is 42.8. The number of allylic oxidation sites excluding steroid dienone is 1. The first-order valence-corrected chi connectivity index (χ1v) is 23.0. The summed E-state index contributed by atoms with van der Waals surface area (Å²) in [5.41, 5.74) is 14.9. The predicted octanol–water partition coefficient (Wildman–Crippen LogP) is 9.78. The molecule has 5 N–H and O–H groups in total. The van der Waals surface area contributed by atoms with Crippen molar-refractivity contribution in [2.45, 2.75) is 84.5 Å². The molecule has 7 rings (SSSR count). The molecule has 0 spiro atoms. The van der Waals surface area contributed by atoms with E-state index in [4.69, 9.17) is 10.5 Å². The lowest BCUT2D eigenvalue weighted by molar-refractivity contribution is 0.0979. The normalized spacial score (nSPS) is 16.1. The number of ether oxygens (including phenoxy) is 1. The van der Waals surface area contributed by atoms with Gasteiger partial charge in [0.1, 0.15) is 17.1 Å². The summed E-state index contributed by atoms with van der Waals surface area (Å²) in [7, 11) is -4.28. The van der Waals surface area contributed by atoms with Crippen LogP contribution in [-0.4, -0.2) is 68.5 Å². The van der Waals surface area contributed by atoms with Gasteiger partial charge in [0.25, 0.3) is 15.9 Å². The summed E-state index contributed by atoms with van der Waals surface area (Å²) in [5.74, 6) is 0.341. The summed E-state index contributed by atoms with van der Waals surface area (Å²) in [6, 6.07) is 22.5. The van der Waals surface area contributed by atoms with E-state index in [1.165, 1.54) is 35.3 Å². The van der Waals surface area contributed by atoms with Gasteiger partial charge in [-0.2, -0.15) is 0 Å². The van der Waals surface area contributed by atoms with Crippen LogP contribution in [0.4, 0.5) is 17.1 Å². The molecule has 1 saturated heterocycles. The van der Waals surface area contributed by atoms with Crippen LogP contribution >= 0.6 is 0 Å². The summed E-state index contributed by atoms with van der Waals surface area (Å²) in [6.07, 6.45) is 11.2. The molecule has 5 aromatic rings. The third-order valence-corrected chi connectivity index (χ3v) is 13.4. The van der Waals surface area contributed by atoms with Crippen molar-refractivity contribution in [2.24, 2.45) is 11.3 Å². The number of sulfonamides is 1. The number of rotatable bonds is 16. The molecule has 318 valence electrons. The van der Waals surface area contributed by atoms with Gasteiger partial charge in [0.2, 0.25) is 0 Å². The number of benzene rings is 3. The van der Waals surface area contributed by atoms with E-state index in [1.54, 1.807) is 30.1 Å². The highest BCUT2D eigenvalue weighted by Crippen LogP contribution is 2.43. The fourth-order valence-corrected chi connectivity index (χ4v) is 9.61. The quantitative estimate of drug-likeness (QED) is 0.0714. The van der Waals surface area contributed by atoms with Crippen LogP contribution in [0.15, 0.2) is 95.7 Å². The number of piperazine rings is 1. The number of nitrogen functional groups attached to an aromatic ring is 1. The van der Waals surface area contributed by atoms with E-state index in [0.717, 1.165) is 88.9 Å². The molecule has 2 aromatic heterocycles. The number of fused-ring (bicyclic) bond motifs is 1. The standard InChI is InChI=1S/C48H61N7O4S/c1-6-8-34(9-7-2)30-51-44-17-15-40(28-43(44)49)60(57,58)53-47(56)41-16-14-38(27-45(41)59-39-26-36-19-21-50-46(36)52-31-39)55-24-22-54(23-25-55)32-37-18-20-48(4,5)29-42(37)35-12-10-33(3)11-13-35/h10-17,19,21,26-28,31,34,51H,6-9,18,20,22-25,29-30,32,49H2,1-5H3,(H,50,52)(H,53,56). The highest BCUT2D eigenvalue weighted by Gasteiger charge is 2.30. The molecule has 12 heteroatoms. The van der Waals surface area contributed by atoms with Crippen molar-refractivity contribution >= 4 is 49.6 Å². The molecule has 60 heavy (non-hydrogen) atoms. The molecule has 1 fully saturated rings. The van der Waals surface area contributed by atoms with Crippen LogP contribution in [0.25, 0.3) is 16.6 Å². The van der Waals surface area contributed by atoms with Crippen molar-refractivity contribution < 1.29 is 17.9 Å². The van der Waals surface area contributed by atoms with E-state index in [-0.39, 0.29) is 21.6 Å². The van der Waals surface area contributed by atoms with Crippen molar-refractivity contribution in [1.29, 1.82) is 0 Å². The fourth-order valence-electron chi connectivity index (χ4n) is 8.61. The molecule has 3 heterocycles. The SMILES string of the molecule is CCCC(CCC)CNc1ccc(S(=O)(=O)NC(=O)c2ccc(N3CCN(CC4=C(c5ccc(C)cc5)CC(C)(C)CC4)CC3)cc2Oc2cnc3[nH]ccc3c2)cc1N. The Kier molecular flexibility index (Phi) is 13.2. The summed E-state index contributed by atoms with van der Waals surface area (Å²) in [5, 5.41) is 4.24. The minimum Gasteiger partial charge on any atom is -0.455 e. The molecular formula is C48H61N7O4S. The third kappa shape index (κ3) is 10.3. The van der Waals surface area contributed by atoms with E-state index in [1.807, 2.05) is 24.3 Å². The molecular weight excluding hydrogens is 771 g/mol. The molecule has 0 atom stereocenters. The summed E-state index contributed by atoms with van der Waals surface area (Å²) in [6.45, 7) is 16.3. The molecule has 1 aliphatic heterocycles. The molecule has 0 unspecified atom stereocenters. The van der Waals surface area contributed by atoms with E-state index < -0.39 is 15.9 Å². The Balaban J connectivity index is 1.08. The Bertz CT molecular complexity index is 2430. The number of carbonyl (C=O) groups is 1. The lowest BCUT2D eigenvalue weighted by Gasteiger charge is -2.39. The molecule has 0 bridgehead atoms. The Morgan fingerprint density at radius 2 is 1.72 bits per heavy atom. The number of aryl methyl sites for hydroxylation is 1. The van der Waals surface area contributed by atoms with Gasteiger partial charge in [-0.15, -0.1) is 0 Å². The van der Waals surface area contributed by atoms with Crippen LogP contribution in [0.1, 0.15) is 94.1 Å². The van der Waals surface area contributed by atoms with Gasteiger partial charge < -0.3 is 25.7 Å². The number of aromatic amines is 1. The Hall–Kier alpha value is -5.33. The number of carbonyl (C=O) groups excluding carboxylic acids is 1. The number of aromatic nitrogens is 2. The molecule has 2 aliphatic rings. The average Bonchev–Trinajstić information content (AvgIpc) is 3.69. The topological polar surface area (TPSA) is 146 Å². The first-order valence-electron chi connectivity index (χ1n) is 21.5. The number of nitrogens with one attached hydrogen (secondary N) is 3. The van der Waals surface area contributed by atoms with E-state index in [9.17, 15) is 13.2 Å². The number of hydrogen-bond donors (Lipinski definition) is 4. The van der Waals surface area contributed by atoms with Crippen molar-refractivity contribution in [2.75, 3.05) is 55.2 Å². The van der Waals surface area contributed by atoms with Gasteiger partial charge in [0.05, 0.1) is 28.0 Å². The second kappa shape index (κ2) is 18.5. The second-order valence-corrected chi connectivity index (χ2v) is 19.1. The number of amides is 1. The monoisotopic (exact) mass is 831 g/mol. The highest BCUT2D eigenvalue weighted by molar-refractivity contribution is 7.90. The van der Waals surface area contributed by atoms with Crippen molar-refractivity contribution in [3.8, 4) is 11.5 Å². The summed E-state index contributed by atoms with van der Waals surface area (Å²) in [4.78, 5) is 26.2. The minimum absolute atomic E-state index is 0.0788. The van der Waals surface area contributed by atoms with E-state index in [2.05, 4.69) is 88.7 Å². The minimum atomic E-state index is -4.28. The smallest absolute Gasteiger partial charge is 0.268 e. The lowest BCUT2D eigenvalue weighted by Crippen LogP contribution is -2.47. The molecule has 1 aliphatic carbocycles. The number of nitrogens with two attached hydrogens (primary N) is 1. The Morgan fingerprint density at radius 1 is 0.967 bits per heavy atom. The van der Waals surface area contributed by atoms with Gasteiger partial charge in [0.15, 0.2) is 0 Å². The van der Waals surface area contributed by atoms with Gasteiger partial charge in [-0.1, -0.05) is 75.9 Å². The number of H-pyrrole nitrogens is 1. The average molecular weight is 832 g/mol. The first-order chi connectivity index (χ1) is 28.8. The zero-order valence-corrected chi connectivity index (χ0v) is 36.6. The number of nitrogens with zero attached hydrogens (tertiary/aromatic N) is 3. The molecule has 3 aromatic carbocycles. The van der Waals surface area contributed by atoms with Crippen molar-refractivity contribution in [1.82, 2.24) is 19.6 Å². The molecule has 11 nitrogen and oxygen atoms in total. The van der Waals surface area contributed by atoms with E-state index in [0.29, 0.717) is 28.7 Å². The molecule has 0 saturated carbocycles. The molecule has 0 radical (unpaired) electrons.